The largest absolute Gasteiger partial charge is 0.469 e. The number of rotatable bonds is 4. The summed E-state index contributed by atoms with van der Waals surface area (Å²) in [5.41, 5.74) is 3.23. The summed E-state index contributed by atoms with van der Waals surface area (Å²) in [5, 5.41) is 0.725. The zero-order valence-electron chi connectivity index (χ0n) is 14.4. The summed E-state index contributed by atoms with van der Waals surface area (Å²) in [6.45, 7) is 4.97. The summed E-state index contributed by atoms with van der Waals surface area (Å²) < 4.78 is 7.25. The highest BCUT2D eigenvalue weighted by atomic mass is 35.5. The quantitative estimate of drug-likeness (QED) is 0.775. The lowest BCUT2D eigenvalue weighted by Crippen LogP contribution is -2.23. The Labute approximate surface area is 147 Å². The molecule has 0 bridgehead atoms. The first-order chi connectivity index (χ1) is 11.5. The molecule has 1 aromatic carbocycles. The average molecular weight is 347 g/mol. The molecule has 1 atom stereocenters. The summed E-state index contributed by atoms with van der Waals surface area (Å²) >= 11 is 5.99. The molecule has 1 heterocycles. The molecule has 0 N–H and O–H groups in total. The van der Waals surface area contributed by atoms with Crippen molar-refractivity contribution in [2.75, 3.05) is 7.11 Å². The van der Waals surface area contributed by atoms with E-state index in [9.17, 15) is 4.79 Å². The topological polar surface area (TPSA) is 44.1 Å². The van der Waals surface area contributed by atoms with Crippen LogP contribution in [0.2, 0.25) is 5.02 Å². The van der Waals surface area contributed by atoms with Crippen LogP contribution in [0.15, 0.2) is 24.3 Å². The van der Waals surface area contributed by atoms with Gasteiger partial charge in [0.2, 0.25) is 0 Å². The van der Waals surface area contributed by atoms with Gasteiger partial charge in [0.15, 0.2) is 0 Å². The van der Waals surface area contributed by atoms with Crippen LogP contribution in [0.3, 0.4) is 0 Å². The van der Waals surface area contributed by atoms with E-state index in [1.807, 2.05) is 24.3 Å². The molecule has 1 aliphatic rings. The molecule has 5 heteroatoms. The van der Waals surface area contributed by atoms with Gasteiger partial charge in [0.1, 0.15) is 5.82 Å². The Balaban J connectivity index is 2.07. The van der Waals surface area contributed by atoms with Crippen LogP contribution >= 0.6 is 11.6 Å². The van der Waals surface area contributed by atoms with Crippen LogP contribution < -0.4 is 0 Å². The number of methoxy groups -OCH3 is 1. The van der Waals surface area contributed by atoms with Crippen molar-refractivity contribution in [2.45, 2.75) is 51.5 Å². The molecule has 1 aliphatic carbocycles. The van der Waals surface area contributed by atoms with Gasteiger partial charge in [-0.3, -0.25) is 4.79 Å². The van der Waals surface area contributed by atoms with E-state index in [0.29, 0.717) is 12.5 Å². The molecule has 128 valence electrons. The Bertz CT molecular complexity index is 735. The van der Waals surface area contributed by atoms with Crippen molar-refractivity contribution in [1.82, 2.24) is 9.55 Å². The van der Waals surface area contributed by atoms with E-state index < -0.39 is 0 Å². The highest BCUT2D eigenvalue weighted by molar-refractivity contribution is 6.30. The fourth-order valence-electron chi connectivity index (χ4n) is 3.47. The second-order valence-electron chi connectivity index (χ2n) is 6.64. The monoisotopic (exact) mass is 346 g/mol. The van der Waals surface area contributed by atoms with Crippen LogP contribution in [-0.2, 0) is 22.5 Å². The maximum atomic E-state index is 12.3. The van der Waals surface area contributed by atoms with Gasteiger partial charge < -0.3 is 9.30 Å². The van der Waals surface area contributed by atoms with E-state index in [-0.39, 0.29) is 11.9 Å². The number of hydrogen-bond donors (Lipinski definition) is 0. The van der Waals surface area contributed by atoms with Crippen LogP contribution in [0, 0.1) is 0 Å². The first-order valence-electron chi connectivity index (χ1n) is 8.42. The lowest BCUT2D eigenvalue weighted by Gasteiger charge is -2.23. The van der Waals surface area contributed by atoms with E-state index in [0.717, 1.165) is 47.1 Å². The van der Waals surface area contributed by atoms with Crippen molar-refractivity contribution in [1.29, 1.82) is 0 Å². The number of fused-ring (bicyclic) bond motifs is 1. The molecule has 0 radical (unpaired) electrons. The molecule has 1 aromatic heterocycles. The number of imidazole rings is 1. The molecule has 0 amide bonds. The van der Waals surface area contributed by atoms with Gasteiger partial charge in [-0.2, -0.15) is 0 Å². The molecular formula is C19H23ClN2O2. The van der Waals surface area contributed by atoms with Gasteiger partial charge >= 0.3 is 5.97 Å². The third-order valence-electron chi connectivity index (χ3n) is 4.61. The van der Waals surface area contributed by atoms with Crippen LogP contribution in [0.25, 0.3) is 0 Å². The predicted octanol–water partition coefficient (Wildman–Crippen LogP) is 4.30. The molecule has 24 heavy (non-hydrogen) atoms. The Hall–Kier alpha value is -1.81. The maximum Gasteiger partial charge on any atom is 0.314 e. The van der Waals surface area contributed by atoms with Crippen molar-refractivity contribution < 1.29 is 9.53 Å². The third-order valence-corrected chi connectivity index (χ3v) is 4.86. The molecule has 2 aromatic rings. The van der Waals surface area contributed by atoms with Crippen molar-refractivity contribution >= 4 is 17.6 Å². The number of aryl methyl sites for hydroxylation is 1. The number of halogens is 1. The second-order valence-corrected chi connectivity index (χ2v) is 7.07. The number of nitrogens with zero attached hydrogens (tertiary/aromatic N) is 2. The summed E-state index contributed by atoms with van der Waals surface area (Å²) in [4.78, 5) is 17.1. The third kappa shape index (κ3) is 3.20. The van der Waals surface area contributed by atoms with E-state index >= 15 is 0 Å². The zero-order valence-corrected chi connectivity index (χ0v) is 15.1. The number of hydrogen-bond acceptors (Lipinski definition) is 3. The van der Waals surface area contributed by atoms with Crippen molar-refractivity contribution in [3.05, 3.63) is 52.1 Å². The van der Waals surface area contributed by atoms with Crippen LogP contribution in [0.1, 0.15) is 61.3 Å². The minimum Gasteiger partial charge on any atom is -0.469 e. The predicted molar refractivity (Wildman–Crippen MR) is 94.6 cm³/mol. The number of esters is 1. The molecular weight excluding hydrogens is 324 g/mol. The lowest BCUT2D eigenvalue weighted by molar-refractivity contribution is -0.143. The van der Waals surface area contributed by atoms with Gasteiger partial charge in [-0.15, -0.1) is 0 Å². The molecule has 0 aliphatic heterocycles. The smallest absolute Gasteiger partial charge is 0.314 e. The Morgan fingerprint density at radius 3 is 2.71 bits per heavy atom. The summed E-state index contributed by atoms with van der Waals surface area (Å²) in [7, 11) is 1.46. The van der Waals surface area contributed by atoms with Gasteiger partial charge in [-0.1, -0.05) is 37.6 Å². The molecule has 1 unspecified atom stereocenters. The van der Waals surface area contributed by atoms with Gasteiger partial charge in [-0.25, -0.2) is 4.98 Å². The normalized spacial score (nSPS) is 17.0. The Kier molecular flexibility index (Phi) is 4.95. The van der Waals surface area contributed by atoms with Crippen molar-refractivity contribution in [3.8, 4) is 0 Å². The molecule has 3 rings (SSSR count). The standard InChI is InChI=1S/C19H23ClN2O2/c1-12(2)18-21-16-6-4-5-15(19(23)24-3)17(16)22(18)11-13-7-9-14(20)10-8-13/h7-10,12,15H,4-6,11H2,1-3H3. The SMILES string of the molecule is COC(=O)C1CCCc2nc(C(C)C)n(Cc3ccc(Cl)cc3)c21. The highest BCUT2D eigenvalue weighted by Gasteiger charge is 2.33. The van der Waals surface area contributed by atoms with E-state index in [1.165, 1.54) is 7.11 Å². The molecule has 0 fully saturated rings. The van der Waals surface area contributed by atoms with Crippen molar-refractivity contribution in [3.63, 3.8) is 0 Å². The fourth-order valence-corrected chi connectivity index (χ4v) is 3.60. The number of carbonyl (C=O) groups is 1. The van der Waals surface area contributed by atoms with Crippen molar-refractivity contribution in [2.24, 2.45) is 0 Å². The first kappa shape index (κ1) is 17.0. The molecule has 4 nitrogen and oxygen atoms in total. The number of ether oxygens (including phenoxy) is 1. The summed E-state index contributed by atoms with van der Waals surface area (Å²) in [5.74, 6) is 0.946. The van der Waals surface area contributed by atoms with E-state index in [2.05, 4.69) is 18.4 Å². The Morgan fingerprint density at radius 1 is 1.38 bits per heavy atom. The second kappa shape index (κ2) is 6.98. The van der Waals surface area contributed by atoms with Crippen LogP contribution in [-0.4, -0.2) is 22.6 Å². The van der Waals surface area contributed by atoms with E-state index in [1.54, 1.807) is 0 Å². The van der Waals surface area contributed by atoms with Gasteiger partial charge in [0, 0.05) is 17.5 Å². The number of aromatic nitrogens is 2. The minimum absolute atomic E-state index is 0.163. The van der Waals surface area contributed by atoms with Gasteiger partial charge in [-0.05, 0) is 37.0 Å². The first-order valence-corrected chi connectivity index (χ1v) is 8.80. The van der Waals surface area contributed by atoms with E-state index in [4.69, 9.17) is 21.3 Å². The summed E-state index contributed by atoms with van der Waals surface area (Å²) in [6, 6.07) is 7.84. The fraction of sp³-hybridized carbons (Fsp3) is 0.474. The van der Waals surface area contributed by atoms with Crippen LogP contribution in [0.5, 0.6) is 0 Å². The summed E-state index contributed by atoms with van der Waals surface area (Å²) in [6.07, 6.45) is 2.72. The van der Waals surface area contributed by atoms with Crippen LogP contribution in [0.4, 0.5) is 0 Å². The number of carbonyl (C=O) groups excluding carboxylic acids is 1. The maximum absolute atomic E-state index is 12.3. The van der Waals surface area contributed by atoms with Gasteiger partial charge in [0.05, 0.1) is 24.4 Å². The Morgan fingerprint density at radius 2 is 2.08 bits per heavy atom. The highest BCUT2D eigenvalue weighted by Crippen LogP contribution is 2.35. The molecule has 0 spiro atoms. The molecule has 0 saturated carbocycles. The lowest BCUT2D eigenvalue weighted by atomic mass is 9.89. The number of benzene rings is 1. The minimum atomic E-state index is -0.217. The molecule has 0 saturated heterocycles. The van der Waals surface area contributed by atoms with Gasteiger partial charge in [0.25, 0.3) is 0 Å². The average Bonchev–Trinajstić information content (AvgIpc) is 2.95. The zero-order chi connectivity index (χ0) is 17.3.